The van der Waals surface area contributed by atoms with Crippen molar-refractivity contribution in [2.75, 3.05) is 0 Å². The molecular formula is C13H17NO. The zero-order chi connectivity index (χ0) is 10.7. The van der Waals surface area contributed by atoms with Crippen molar-refractivity contribution in [2.45, 2.75) is 39.0 Å². The molecule has 0 saturated heterocycles. The molecule has 0 amide bonds. The largest absolute Gasteiger partial charge is 0.618 e. The van der Waals surface area contributed by atoms with Crippen LogP contribution in [-0.4, -0.2) is 10.5 Å². The molecule has 1 fully saturated rings. The minimum Gasteiger partial charge on any atom is -0.618 e. The van der Waals surface area contributed by atoms with Crippen LogP contribution in [-0.2, 0) is 0 Å². The third-order valence-corrected chi connectivity index (χ3v) is 2.99. The molecular weight excluding hydrogens is 186 g/mol. The second kappa shape index (κ2) is 4.47. The van der Waals surface area contributed by atoms with Crippen molar-refractivity contribution in [2.24, 2.45) is 0 Å². The van der Waals surface area contributed by atoms with E-state index in [1.165, 1.54) is 24.8 Å². The van der Waals surface area contributed by atoms with E-state index in [-0.39, 0.29) is 0 Å². The molecule has 0 heterocycles. The lowest BCUT2D eigenvalue weighted by Gasteiger charge is -2.14. The maximum Gasteiger partial charge on any atom is 0.216 e. The molecule has 15 heavy (non-hydrogen) atoms. The first kappa shape index (κ1) is 10.2. The van der Waals surface area contributed by atoms with E-state index >= 15 is 0 Å². The maximum atomic E-state index is 12.0. The molecule has 1 aliphatic rings. The summed E-state index contributed by atoms with van der Waals surface area (Å²) in [5.74, 6) is 0. The van der Waals surface area contributed by atoms with E-state index in [4.69, 9.17) is 0 Å². The van der Waals surface area contributed by atoms with Gasteiger partial charge in [-0.1, -0.05) is 24.1 Å². The molecule has 0 aliphatic heterocycles. The van der Waals surface area contributed by atoms with Gasteiger partial charge in [0, 0.05) is 25.0 Å². The van der Waals surface area contributed by atoms with Gasteiger partial charge in [-0.05, 0) is 19.8 Å². The highest BCUT2D eigenvalue weighted by Crippen LogP contribution is 2.19. The van der Waals surface area contributed by atoms with E-state index in [0.717, 1.165) is 29.0 Å². The normalized spacial score (nSPS) is 16.5. The summed E-state index contributed by atoms with van der Waals surface area (Å²) in [6.07, 6.45) is 5.54. The number of nitrogens with zero attached hydrogens (tertiary/aromatic N) is 1. The molecule has 0 atom stereocenters. The topological polar surface area (TPSA) is 26.1 Å². The van der Waals surface area contributed by atoms with Crippen molar-refractivity contribution in [3.8, 4) is 0 Å². The average molecular weight is 203 g/mol. The van der Waals surface area contributed by atoms with Crippen LogP contribution in [0.2, 0.25) is 0 Å². The van der Waals surface area contributed by atoms with Gasteiger partial charge < -0.3 is 5.21 Å². The van der Waals surface area contributed by atoms with Crippen molar-refractivity contribution < 1.29 is 4.74 Å². The predicted octanol–water partition coefficient (Wildman–Crippen LogP) is 3.54. The molecule has 1 saturated carbocycles. The smallest absolute Gasteiger partial charge is 0.216 e. The van der Waals surface area contributed by atoms with E-state index in [9.17, 15) is 5.21 Å². The van der Waals surface area contributed by atoms with Gasteiger partial charge in [-0.2, -0.15) is 4.74 Å². The van der Waals surface area contributed by atoms with Gasteiger partial charge in [0.2, 0.25) is 5.69 Å². The molecule has 1 aromatic carbocycles. The van der Waals surface area contributed by atoms with Crippen LogP contribution in [0.15, 0.2) is 24.3 Å². The Balaban J connectivity index is 2.25. The molecule has 2 nitrogen and oxygen atoms in total. The fourth-order valence-corrected chi connectivity index (χ4v) is 2.03. The first-order chi connectivity index (χ1) is 7.27. The fourth-order valence-electron chi connectivity index (χ4n) is 2.03. The summed E-state index contributed by atoms with van der Waals surface area (Å²) in [5.41, 5.74) is 3.02. The lowest BCUT2D eigenvalue weighted by molar-refractivity contribution is -0.364. The quantitative estimate of drug-likeness (QED) is 0.389. The third-order valence-electron chi connectivity index (χ3n) is 2.99. The first-order valence-electron chi connectivity index (χ1n) is 5.66. The predicted molar refractivity (Wildman–Crippen MR) is 62.6 cm³/mol. The summed E-state index contributed by atoms with van der Waals surface area (Å²) in [4.78, 5) is 0. The highest BCUT2D eigenvalue weighted by molar-refractivity contribution is 5.81. The van der Waals surface area contributed by atoms with Gasteiger partial charge in [0.15, 0.2) is 5.71 Å². The molecule has 1 aliphatic carbocycles. The number of hydrogen-bond donors (Lipinski definition) is 0. The van der Waals surface area contributed by atoms with Gasteiger partial charge >= 0.3 is 0 Å². The molecule has 1 aromatic rings. The first-order valence-corrected chi connectivity index (χ1v) is 5.66. The summed E-state index contributed by atoms with van der Waals surface area (Å²) in [6, 6.07) is 7.79. The van der Waals surface area contributed by atoms with Gasteiger partial charge in [0.25, 0.3) is 0 Å². The highest BCUT2D eigenvalue weighted by atomic mass is 16.5. The highest BCUT2D eigenvalue weighted by Gasteiger charge is 2.15. The van der Waals surface area contributed by atoms with Crippen molar-refractivity contribution in [3.05, 3.63) is 35.0 Å². The second-order valence-corrected chi connectivity index (χ2v) is 4.26. The lowest BCUT2D eigenvalue weighted by atomic mass is 9.98. The Kier molecular flexibility index (Phi) is 3.05. The van der Waals surface area contributed by atoms with Crippen LogP contribution < -0.4 is 0 Å². The molecule has 0 N–H and O–H groups in total. The number of rotatable bonds is 1. The zero-order valence-electron chi connectivity index (χ0n) is 9.20. The van der Waals surface area contributed by atoms with E-state index in [1.807, 2.05) is 31.2 Å². The zero-order valence-corrected chi connectivity index (χ0v) is 9.20. The van der Waals surface area contributed by atoms with Crippen LogP contribution in [0.25, 0.3) is 0 Å². The van der Waals surface area contributed by atoms with Crippen LogP contribution in [0, 0.1) is 12.1 Å². The minimum atomic E-state index is 0.775. The van der Waals surface area contributed by atoms with Crippen LogP contribution in [0.3, 0.4) is 0 Å². The molecule has 0 unspecified atom stereocenters. The van der Waals surface area contributed by atoms with E-state index < -0.39 is 0 Å². The lowest BCUT2D eigenvalue weighted by Crippen LogP contribution is -2.15. The Morgan fingerprint density at radius 3 is 2.20 bits per heavy atom. The molecule has 2 heteroatoms. The Morgan fingerprint density at radius 1 is 1.00 bits per heavy atom. The SMILES string of the molecule is Cc1ccc([N+]([O-])=C2CCCCC2)cc1. The summed E-state index contributed by atoms with van der Waals surface area (Å²) in [5, 5.41) is 12.0. The Labute approximate surface area is 90.8 Å². The van der Waals surface area contributed by atoms with E-state index in [0.29, 0.717) is 0 Å². The van der Waals surface area contributed by atoms with Crippen molar-refractivity contribution in [1.82, 2.24) is 0 Å². The van der Waals surface area contributed by atoms with Gasteiger partial charge in [0.05, 0.1) is 0 Å². The molecule has 0 spiro atoms. The van der Waals surface area contributed by atoms with E-state index in [2.05, 4.69) is 0 Å². The van der Waals surface area contributed by atoms with Crippen LogP contribution in [0.5, 0.6) is 0 Å². The summed E-state index contributed by atoms with van der Waals surface area (Å²) < 4.78 is 1.12. The maximum absolute atomic E-state index is 12.0. The van der Waals surface area contributed by atoms with Gasteiger partial charge in [-0.25, -0.2) is 0 Å². The summed E-state index contributed by atoms with van der Waals surface area (Å²) in [7, 11) is 0. The summed E-state index contributed by atoms with van der Waals surface area (Å²) in [6.45, 7) is 2.03. The van der Waals surface area contributed by atoms with Gasteiger partial charge in [-0.15, -0.1) is 0 Å². The van der Waals surface area contributed by atoms with Crippen LogP contribution in [0.4, 0.5) is 5.69 Å². The third kappa shape index (κ3) is 2.38. The Hall–Kier alpha value is -1.31. The molecule has 0 aromatic heterocycles. The van der Waals surface area contributed by atoms with Gasteiger partial charge in [0.1, 0.15) is 0 Å². The second-order valence-electron chi connectivity index (χ2n) is 4.26. The van der Waals surface area contributed by atoms with Crippen molar-refractivity contribution in [3.63, 3.8) is 0 Å². The van der Waals surface area contributed by atoms with Crippen LogP contribution in [0.1, 0.15) is 37.7 Å². The molecule has 0 radical (unpaired) electrons. The molecule has 2 rings (SSSR count). The Bertz CT molecular complexity index is 357. The molecule has 80 valence electrons. The van der Waals surface area contributed by atoms with Gasteiger partial charge in [-0.3, -0.25) is 0 Å². The summed E-state index contributed by atoms with van der Waals surface area (Å²) >= 11 is 0. The average Bonchev–Trinajstić information content (AvgIpc) is 2.30. The standard InChI is InChI=1S/C13H17NO/c1-11-7-9-13(10-8-11)14(15)12-5-3-2-4-6-12/h7-10H,2-6H2,1H3. The number of hydrogen-bond acceptors (Lipinski definition) is 1. The van der Waals surface area contributed by atoms with Crippen LogP contribution >= 0.6 is 0 Å². The monoisotopic (exact) mass is 203 g/mol. The Morgan fingerprint density at radius 2 is 1.60 bits per heavy atom. The van der Waals surface area contributed by atoms with Crippen molar-refractivity contribution in [1.29, 1.82) is 0 Å². The van der Waals surface area contributed by atoms with Crippen molar-refractivity contribution >= 4 is 11.4 Å². The fraction of sp³-hybridized carbons (Fsp3) is 0.462. The number of aryl methyl sites for hydroxylation is 1. The van der Waals surface area contributed by atoms with E-state index in [1.54, 1.807) is 0 Å². The minimum absolute atomic E-state index is 0.775. The number of benzene rings is 1. The molecule has 0 bridgehead atoms.